The van der Waals surface area contributed by atoms with Crippen LogP contribution in [0.25, 0.3) is 0 Å². The summed E-state index contributed by atoms with van der Waals surface area (Å²) >= 11 is 3.35. The van der Waals surface area contributed by atoms with Crippen molar-refractivity contribution in [2.24, 2.45) is 5.10 Å². The van der Waals surface area contributed by atoms with Crippen LogP contribution in [-0.2, 0) is 5.72 Å². The summed E-state index contributed by atoms with van der Waals surface area (Å²) in [7, 11) is 0. The van der Waals surface area contributed by atoms with Gasteiger partial charge in [-0.1, -0.05) is 22.9 Å². The molecule has 23 heavy (non-hydrogen) atoms. The maximum absolute atomic E-state index is 12.8. The third kappa shape index (κ3) is 2.92. The highest BCUT2D eigenvalue weighted by molar-refractivity contribution is 9.10. The van der Waals surface area contributed by atoms with Crippen LogP contribution >= 0.6 is 15.9 Å². The fourth-order valence-electron chi connectivity index (χ4n) is 2.59. The van der Waals surface area contributed by atoms with E-state index in [-0.39, 0.29) is 5.91 Å². The first kappa shape index (κ1) is 15.8. The number of carbonyl (C=O) groups is 1. The lowest BCUT2D eigenvalue weighted by molar-refractivity contribution is -0.0766. The van der Waals surface area contributed by atoms with E-state index in [0.717, 1.165) is 10.2 Å². The summed E-state index contributed by atoms with van der Waals surface area (Å²) in [6.07, 6.45) is 4.17. The van der Waals surface area contributed by atoms with Gasteiger partial charge in [-0.25, -0.2) is 0 Å². The van der Waals surface area contributed by atoms with E-state index < -0.39 is 5.72 Å². The summed E-state index contributed by atoms with van der Waals surface area (Å²) in [5.74, 6) is -0.333. The summed E-state index contributed by atoms with van der Waals surface area (Å²) in [6, 6.07) is 10.4. The second kappa shape index (κ2) is 6.22. The largest absolute Gasteiger partial charge is 0.365 e. The molecule has 1 amide bonds. The molecule has 5 nitrogen and oxygen atoms in total. The van der Waals surface area contributed by atoms with Gasteiger partial charge in [0.05, 0.1) is 0 Å². The Balaban J connectivity index is 2.01. The number of halogens is 1. The number of carbonyl (C=O) groups excluding carboxylic acids is 1. The standard InChI is InChI=1S/C17H16BrN3O2/c1-2-15-11-17(23,13-7-9-19-10-8-13)21(20-15)16(22)12-3-5-14(18)6-4-12/h3-10,23H,2,11H2,1H3/t17-/m1/s1. The lowest BCUT2D eigenvalue weighted by Gasteiger charge is -2.31. The molecule has 2 aromatic rings. The minimum absolute atomic E-state index is 0.301. The van der Waals surface area contributed by atoms with E-state index in [4.69, 9.17) is 0 Å². The number of hydrogen-bond acceptors (Lipinski definition) is 4. The summed E-state index contributed by atoms with van der Waals surface area (Å²) in [6.45, 7) is 1.96. The van der Waals surface area contributed by atoms with Crippen LogP contribution in [0.15, 0.2) is 58.4 Å². The number of amides is 1. The van der Waals surface area contributed by atoms with Crippen molar-refractivity contribution in [3.63, 3.8) is 0 Å². The first-order valence-electron chi connectivity index (χ1n) is 7.34. The van der Waals surface area contributed by atoms with Crippen molar-refractivity contribution in [2.45, 2.75) is 25.5 Å². The van der Waals surface area contributed by atoms with Crippen LogP contribution in [0.3, 0.4) is 0 Å². The number of hydrazone groups is 1. The SMILES string of the molecule is CCC1=NN(C(=O)c2ccc(Br)cc2)[C@](O)(c2ccncc2)C1. The molecule has 0 unspecified atom stereocenters. The van der Waals surface area contributed by atoms with E-state index in [1.54, 1.807) is 48.8 Å². The number of nitrogens with zero attached hydrogens (tertiary/aromatic N) is 3. The molecule has 118 valence electrons. The predicted molar refractivity (Wildman–Crippen MR) is 90.8 cm³/mol. The van der Waals surface area contributed by atoms with Gasteiger partial charge >= 0.3 is 0 Å². The maximum Gasteiger partial charge on any atom is 0.276 e. The van der Waals surface area contributed by atoms with E-state index >= 15 is 0 Å². The van der Waals surface area contributed by atoms with Crippen LogP contribution in [0.2, 0.25) is 0 Å². The summed E-state index contributed by atoms with van der Waals surface area (Å²) in [5.41, 5.74) is 0.389. The van der Waals surface area contributed by atoms with Crippen LogP contribution in [0, 0.1) is 0 Å². The minimum atomic E-state index is -1.47. The highest BCUT2D eigenvalue weighted by Gasteiger charge is 2.45. The zero-order chi connectivity index (χ0) is 16.4. The van der Waals surface area contributed by atoms with Crippen LogP contribution in [0.4, 0.5) is 0 Å². The fourth-order valence-corrected chi connectivity index (χ4v) is 2.85. The molecule has 1 N–H and O–H groups in total. The summed E-state index contributed by atoms with van der Waals surface area (Å²) in [5, 5.41) is 16.7. The maximum atomic E-state index is 12.8. The Morgan fingerprint density at radius 2 is 1.91 bits per heavy atom. The highest BCUT2D eigenvalue weighted by Crippen LogP contribution is 2.36. The molecule has 0 bridgehead atoms. The van der Waals surface area contributed by atoms with Gasteiger partial charge in [0, 0.05) is 40.1 Å². The van der Waals surface area contributed by atoms with Crippen molar-refractivity contribution in [1.29, 1.82) is 0 Å². The van der Waals surface area contributed by atoms with Gasteiger partial charge in [-0.2, -0.15) is 10.1 Å². The Bertz CT molecular complexity index is 746. The quantitative estimate of drug-likeness (QED) is 0.897. The van der Waals surface area contributed by atoms with Gasteiger partial charge in [0.25, 0.3) is 5.91 Å². The topological polar surface area (TPSA) is 65.8 Å². The molecular formula is C17H16BrN3O2. The van der Waals surface area contributed by atoms with Crippen molar-refractivity contribution in [2.75, 3.05) is 0 Å². The van der Waals surface area contributed by atoms with Crippen LogP contribution < -0.4 is 0 Å². The van der Waals surface area contributed by atoms with Gasteiger partial charge in [0.15, 0.2) is 5.72 Å². The molecule has 0 aliphatic carbocycles. The van der Waals surface area contributed by atoms with Gasteiger partial charge in [-0.3, -0.25) is 9.78 Å². The van der Waals surface area contributed by atoms with Crippen molar-refractivity contribution in [3.05, 3.63) is 64.4 Å². The lowest BCUT2D eigenvalue weighted by Crippen LogP contribution is -2.43. The molecule has 0 spiro atoms. The molecule has 3 rings (SSSR count). The number of benzene rings is 1. The van der Waals surface area contributed by atoms with E-state index in [1.165, 1.54) is 5.01 Å². The Morgan fingerprint density at radius 1 is 1.26 bits per heavy atom. The van der Waals surface area contributed by atoms with Crippen LogP contribution in [-0.4, -0.2) is 26.7 Å². The first-order chi connectivity index (χ1) is 11.0. The van der Waals surface area contributed by atoms with E-state index in [1.807, 2.05) is 6.92 Å². The van der Waals surface area contributed by atoms with E-state index in [9.17, 15) is 9.90 Å². The second-order valence-electron chi connectivity index (χ2n) is 5.37. The zero-order valence-corrected chi connectivity index (χ0v) is 14.2. The van der Waals surface area contributed by atoms with Crippen LogP contribution in [0.5, 0.6) is 0 Å². The monoisotopic (exact) mass is 373 g/mol. The molecule has 1 aliphatic heterocycles. The fraction of sp³-hybridized carbons (Fsp3) is 0.235. The first-order valence-corrected chi connectivity index (χ1v) is 8.13. The van der Waals surface area contributed by atoms with Gasteiger partial charge in [0.2, 0.25) is 0 Å². The van der Waals surface area contributed by atoms with Crippen LogP contribution in [0.1, 0.15) is 35.7 Å². The molecule has 0 fully saturated rings. The number of aromatic nitrogens is 1. The molecule has 6 heteroatoms. The van der Waals surface area contributed by atoms with Crippen molar-refractivity contribution < 1.29 is 9.90 Å². The zero-order valence-electron chi connectivity index (χ0n) is 12.6. The van der Waals surface area contributed by atoms with E-state index in [0.29, 0.717) is 24.0 Å². The van der Waals surface area contributed by atoms with Gasteiger partial charge in [-0.15, -0.1) is 0 Å². The molecule has 1 aliphatic rings. The molecule has 1 aromatic heterocycles. The third-order valence-electron chi connectivity index (χ3n) is 3.88. The van der Waals surface area contributed by atoms with Gasteiger partial charge in [-0.05, 0) is 42.8 Å². The number of pyridine rings is 1. The second-order valence-corrected chi connectivity index (χ2v) is 6.29. The Labute approximate surface area is 142 Å². The van der Waals surface area contributed by atoms with Crippen molar-refractivity contribution in [3.8, 4) is 0 Å². The molecule has 2 heterocycles. The number of hydrogen-bond donors (Lipinski definition) is 1. The molecule has 1 atom stereocenters. The van der Waals surface area contributed by atoms with Gasteiger partial charge in [0.1, 0.15) is 0 Å². The molecule has 0 saturated carbocycles. The Morgan fingerprint density at radius 3 is 2.52 bits per heavy atom. The Kier molecular flexibility index (Phi) is 4.28. The molecule has 1 aromatic carbocycles. The highest BCUT2D eigenvalue weighted by atomic mass is 79.9. The predicted octanol–water partition coefficient (Wildman–Crippen LogP) is 3.30. The van der Waals surface area contributed by atoms with Gasteiger partial charge < -0.3 is 5.11 Å². The summed E-state index contributed by atoms with van der Waals surface area (Å²) in [4.78, 5) is 16.8. The lowest BCUT2D eigenvalue weighted by atomic mass is 9.97. The molecular weight excluding hydrogens is 358 g/mol. The normalized spacial score (nSPS) is 20.5. The number of aliphatic hydroxyl groups is 1. The number of rotatable bonds is 3. The molecule has 0 saturated heterocycles. The summed E-state index contributed by atoms with van der Waals surface area (Å²) < 4.78 is 0.887. The minimum Gasteiger partial charge on any atom is -0.365 e. The van der Waals surface area contributed by atoms with Crippen molar-refractivity contribution >= 4 is 27.5 Å². The smallest absolute Gasteiger partial charge is 0.276 e. The Hall–Kier alpha value is -2.05. The third-order valence-corrected chi connectivity index (χ3v) is 4.41. The average Bonchev–Trinajstić information content (AvgIpc) is 2.94. The van der Waals surface area contributed by atoms with E-state index in [2.05, 4.69) is 26.0 Å². The molecule has 0 radical (unpaired) electrons. The average molecular weight is 374 g/mol. The van der Waals surface area contributed by atoms with Crippen molar-refractivity contribution in [1.82, 2.24) is 9.99 Å².